The summed E-state index contributed by atoms with van der Waals surface area (Å²) < 4.78 is 5.53. The SMILES string of the molecule is CCc1csc(C(OC)c2ccccc2)n1. The first-order valence-corrected chi connectivity index (χ1v) is 6.25. The van der Waals surface area contributed by atoms with Crippen LogP contribution in [0.3, 0.4) is 0 Å². The van der Waals surface area contributed by atoms with Gasteiger partial charge in [0.2, 0.25) is 0 Å². The molecule has 1 aromatic heterocycles. The van der Waals surface area contributed by atoms with Crippen molar-refractivity contribution in [1.29, 1.82) is 0 Å². The maximum atomic E-state index is 5.53. The van der Waals surface area contributed by atoms with Crippen LogP contribution in [0.1, 0.15) is 29.3 Å². The third kappa shape index (κ3) is 2.31. The van der Waals surface area contributed by atoms with Gasteiger partial charge in [0.25, 0.3) is 0 Å². The Kier molecular flexibility index (Phi) is 3.70. The van der Waals surface area contributed by atoms with Crippen LogP contribution in [0.2, 0.25) is 0 Å². The Labute approximate surface area is 99.9 Å². The molecule has 1 atom stereocenters. The first-order chi connectivity index (χ1) is 7.85. The van der Waals surface area contributed by atoms with Crippen LogP contribution in [-0.4, -0.2) is 12.1 Å². The molecule has 0 spiro atoms. The van der Waals surface area contributed by atoms with Gasteiger partial charge in [0.1, 0.15) is 11.1 Å². The third-order valence-electron chi connectivity index (χ3n) is 2.49. The van der Waals surface area contributed by atoms with Crippen LogP contribution in [0.4, 0.5) is 0 Å². The number of rotatable bonds is 4. The number of methoxy groups -OCH3 is 1. The van der Waals surface area contributed by atoms with Gasteiger partial charge in [0.05, 0.1) is 5.69 Å². The predicted octanol–water partition coefficient (Wildman–Crippen LogP) is 3.44. The molecule has 1 unspecified atom stereocenters. The van der Waals surface area contributed by atoms with E-state index in [-0.39, 0.29) is 6.10 Å². The van der Waals surface area contributed by atoms with Crippen molar-refractivity contribution in [3.8, 4) is 0 Å². The Morgan fingerprint density at radius 3 is 2.62 bits per heavy atom. The maximum absolute atomic E-state index is 5.53. The molecule has 2 nitrogen and oxygen atoms in total. The maximum Gasteiger partial charge on any atom is 0.134 e. The largest absolute Gasteiger partial charge is 0.370 e. The number of aromatic nitrogens is 1. The Bertz CT molecular complexity index is 438. The van der Waals surface area contributed by atoms with Crippen LogP contribution >= 0.6 is 11.3 Å². The van der Waals surface area contributed by atoms with E-state index in [2.05, 4.69) is 29.4 Å². The van der Waals surface area contributed by atoms with E-state index in [1.54, 1.807) is 18.4 Å². The van der Waals surface area contributed by atoms with Gasteiger partial charge in [0.15, 0.2) is 0 Å². The van der Waals surface area contributed by atoms with Gasteiger partial charge in [-0.2, -0.15) is 0 Å². The molecule has 0 radical (unpaired) electrons. The highest BCUT2D eigenvalue weighted by molar-refractivity contribution is 7.09. The van der Waals surface area contributed by atoms with E-state index in [4.69, 9.17) is 4.74 Å². The standard InChI is InChI=1S/C13H15NOS/c1-3-11-9-16-13(14-11)12(15-2)10-7-5-4-6-8-10/h4-9,12H,3H2,1-2H3. The molecule has 84 valence electrons. The summed E-state index contributed by atoms with van der Waals surface area (Å²) in [6, 6.07) is 10.2. The van der Waals surface area contributed by atoms with Crippen LogP contribution in [0.15, 0.2) is 35.7 Å². The number of benzene rings is 1. The van der Waals surface area contributed by atoms with Crippen molar-refractivity contribution in [2.45, 2.75) is 19.4 Å². The van der Waals surface area contributed by atoms with Crippen molar-refractivity contribution in [1.82, 2.24) is 4.98 Å². The van der Waals surface area contributed by atoms with E-state index < -0.39 is 0 Å². The molecule has 2 aromatic rings. The second-order valence-corrected chi connectivity index (χ2v) is 4.45. The second-order valence-electron chi connectivity index (χ2n) is 3.56. The lowest BCUT2D eigenvalue weighted by Gasteiger charge is -2.12. The fraction of sp³-hybridized carbons (Fsp3) is 0.308. The molecule has 0 N–H and O–H groups in total. The van der Waals surface area contributed by atoms with E-state index in [1.807, 2.05) is 18.2 Å². The molecule has 0 aliphatic rings. The number of aryl methyl sites for hydroxylation is 1. The Morgan fingerprint density at radius 1 is 1.31 bits per heavy atom. The molecule has 0 aliphatic carbocycles. The Morgan fingerprint density at radius 2 is 2.06 bits per heavy atom. The summed E-state index contributed by atoms with van der Waals surface area (Å²) >= 11 is 1.67. The summed E-state index contributed by atoms with van der Waals surface area (Å²) in [7, 11) is 1.73. The minimum Gasteiger partial charge on any atom is -0.370 e. The van der Waals surface area contributed by atoms with Crippen molar-refractivity contribution in [2.75, 3.05) is 7.11 Å². The summed E-state index contributed by atoms with van der Waals surface area (Å²) in [5.41, 5.74) is 2.29. The van der Waals surface area contributed by atoms with E-state index in [9.17, 15) is 0 Å². The van der Waals surface area contributed by atoms with Gasteiger partial charge in [-0.15, -0.1) is 11.3 Å². The lowest BCUT2D eigenvalue weighted by atomic mass is 10.1. The molecule has 1 heterocycles. The van der Waals surface area contributed by atoms with Crippen LogP contribution in [0.5, 0.6) is 0 Å². The molecule has 0 saturated carbocycles. The summed E-state index contributed by atoms with van der Waals surface area (Å²) in [6.45, 7) is 2.11. The van der Waals surface area contributed by atoms with Crippen LogP contribution in [0, 0.1) is 0 Å². The highest BCUT2D eigenvalue weighted by Crippen LogP contribution is 2.27. The van der Waals surface area contributed by atoms with Gasteiger partial charge in [-0.05, 0) is 12.0 Å². The highest BCUT2D eigenvalue weighted by atomic mass is 32.1. The van der Waals surface area contributed by atoms with Gasteiger partial charge >= 0.3 is 0 Å². The predicted molar refractivity (Wildman–Crippen MR) is 66.8 cm³/mol. The molecule has 0 bridgehead atoms. The number of hydrogen-bond donors (Lipinski definition) is 0. The molecule has 16 heavy (non-hydrogen) atoms. The molecule has 2 rings (SSSR count). The van der Waals surface area contributed by atoms with Crippen molar-refractivity contribution < 1.29 is 4.74 Å². The van der Waals surface area contributed by atoms with E-state index in [1.165, 1.54) is 0 Å². The summed E-state index contributed by atoms with van der Waals surface area (Å²) in [4.78, 5) is 4.57. The third-order valence-corrected chi connectivity index (χ3v) is 3.43. The average Bonchev–Trinajstić information content (AvgIpc) is 2.80. The van der Waals surface area contributed by atoms with Gasteiger partial charge < -0.3 is 4.74 Å². The molecule has 0 amide bonds. The van der Waals surface area contributed by atoms with Crippen LogP contribution in [-0.2, 0) is 11.2 Å². The Hall–Kier alpha value is -1.19. The fourth-order valence-corrected chi connectivity index (χ4v) is 2.61. The molecular formula is C13H15NOS. The lowest BCUT2D eigenvalue weighted by Crippen LogP contribution is -2.03. The van der Waals surface area contributed by atoms with E-state index >= 15 is 0 Å². The number of hydrogen-bond acceptors (Lipinski definition) is 3. The zero-order valence-corrected chi connectivity index (χ0v) is 10.3. The van der Waals surface area contributed by atoms with Crippen LogP contribution < -0.4 is 0 Å². The molecular weight excluding hydrogens is 218 g/mol. The molecule has 0 saturated heterocycles. The zero-order valence-electron chi connectivity index (χ0n) is 9.51. The minimum absolute atomic E-state index is 0.0356. The smallest absolute Gasteiger partial charge is 0.134 e. The monoisotopic (exact) mass is 233 g/mol. The first kappa shape index (κ1) is 11.3. The van der Waals surface area contributed by atoms with Gasteiger partial charge in [-0.1, -0.05) is 37.3 Å². The molecule has 0 fully saturated rings. The number of ether oxygens (including phenoxy) is 1. The molecule has 0 aliphatic heterocycles. The Balaban J connectivity index is 2.29. The quantitative estimate of drug-likeness (QED) is 0.807. The van der Waals surface area contributed by atoms with Gasteiger partial charge in [-0.25, -0.2) is 4.98 Å². The van der Waals surface area contributed by atoms with Crippen LogP contribution in [0.25, 0.3) is 0 Å². The molecule has 3 heteroatoms. The number of thiazole rings is 1. The van der Waals surface area contributed by atoms with Gasteiger partial charge in [-0.3, -0.25) is 0 Å². The van der Waals surface area contributed by atoms with Crippen molar-refractivity contribution >= 4 is 11.3 Å². The number of nitrogens with zero attached hydrogens (tertiary/aromatic N) is 1. The van der Waals surface area contributed by atoms with Crippen molar-refractivity contribution in [3.63, 3.8) is 0 Å². The van der Waals surface area contributed by atoms with Crippen molar-refractivity contribution in [3.05, 3.63) is 52.0 Å². The lowest BCUT2D eigenvalue weighted by molar-refractivity contribution is 0.136. The normalized spacial score (nSPS) is 12.6. The summed E-state index contributed by atoms with van der Waals surface area (Å²) in [5, 5.41) is 3.13. The second kappa shape index (κ2) is 5.23. The minimum atomic E-state index is -0.0356. The van der Waals surface area contributed by atoms with E-state index in [0.717, 1.165) is 22.7 Å². The average molecular weight is 233 g/mol. The van der Waals surface area contributed by atoms with Crippen molar-refractivity contribution in [2.24, 2.45) is 0 Å². The topological polar surface area (TPSA) is 22.1 Å². The zero-order chi connectivity index (χ0) is 11.4. The summed E-state index contributed by atoms with van der Waals surface area (Å²) in [6.07, 6.45) is 0.938. The first-order valence-electron chi connectivity index (χ1n) is 5.37. The highest BCUT2D eigenvalue weighted by Gasteiger charge is 2.16. The van der Waals surface area contributed by atoms with Gasteiger partial charge in [0, 0.05) is 12.5 Å². The van der Waals surface area contributed by atoms with E-state index in [0.29, 0.717) is 0 Å². The fourth-order valence-electron chi connectivity index (χ4n) is 1.61. The molecule has 1 aromatic carbocycles. The summed E-state index contributed by atoms with van der Waals surface area (Å²) in [5.74, 6) is 0.